The zero-order valence-electron chi connectivity index (χ0n) is 12.6. The first-order valence-corrected chi connectivity index (χ1v) is 7.53. The Bertz CT molecular complexity index is 745. The van der Waals surface area contributed by atoms with Crippen LogP contribution in [0.25, 0.3) is 10.9 Å². The molecule has 0 spiro atoms. The number of aryl methyl sites for hydroxylation is 2. The lowest BCUT2D eigenvalue weighted by Gasteiger charge is -2.11. The molecule has 0 saturated carbocycles. The van der Waals surface area contributed by atoms with Crippen molar-refractivity contribution < 1.29 is 0 Å². The molecule has 2 nitrogen and oxygen atoms in total. The van der Waals surface area contributed by atoms with E-state index in [9.17, 15) is 0 Å². The Balaban J connectivity index is 1.98. The third-order valence-corrected chi connectivity index (χ3v) is 3.86. The molecule has 106 valence electrons. The van der Waals surface area contributed by atoms with Gasteiger partial charge in [0.25, 0.3) is 0 Å². The molecular weight excluding hydrogens is 256 g/mol. The number of hydrogen-bond donors (Lipinski definition) is 1. The van der Waals surface area contributed by atoms with Crippen LogP contribution in [-0.4, -0.2) is 4.98 Å². The van der Waals surface area contributed by atoms with Crippen LogP contribution in [0.15, 0.2) is 54.7 Å². The average Bonchev–Trinajstić information content (AvgIpc) is 2.55. The van der Waals surface area contributed by atoms with E-state index in [2.05, 4.69) is 66.6 Å². The largest absolute Gasteiger partial charge is 0.355 e. The fourth-order valence-electron chi connectivity index (χ4n) is 2.50. The molecule has 3 aromatic rings. The van der Waals surface area contributed by atoms with Gasteiger partial charge in [-0.15, -0.1) is 0 Å². The minimum Gasteiger partial charge on any atom is -0.355 e. The fourth-order valence-corrected chi connectivity index (χ4v) is 2.50. The Kier molecular flexibility index (Phi) is 3.87. The molecule has 1 N–H and O–H groups in total. The highest BCUT2D eigenvalue weighted by molar-refractivity contribution is 5.93. The maximum absolute atomic E-state index is 4.45. The molecule has 0 amide bonds. The van der Waals surface area contributed by atoms with E-state index in [4.69, 9.17) is 0 Å². The van der Waals surface area contributed by atoms with E-state index in [1.54, 1.807) is 0 Å². The molecule has 3 rings (SSSR count). The van der Waals surface area contributed by atoms with Crippen LogP contribution in [0.5, 0.6) is 0 Å². The molecule has 0 aliphatic carbocycles. The summed E-state index contributed by atoms with van der Waals surface area (Å²) in [5, 5.41) is 4.69. The lowest BCUT2D eigenvalue weighted by Crippen LogP contribution is -1.94. The van der Waals surface area contributed by atoms with Crippen molar-refractivity contribution in [3.8, 4) is 0 Å². The van der Waals surface area contributed by atoms with E-state index in [1.807, 2.05) is 12.3 Å². The summed E-state index contributed by atoms with van der Waals surface area (Å²) in [6, 6.07) is 17.1. The molecular formula is C19H20N2. The smallest absolute Gasteiger partial charge is 0.0723 e. The van der Waals surface area contributed by atoms with Gasteiger partial charge >= 0.3 is 0 Å². The maximum Gasteiger partial charge on any atom is 0.0723 e. The van der Waals surface area contributed by atoms with Crippen molar-refractivity contribution in [2.45, 2.75) is 26.7 Å². The molecule has 2 aromatic carbocycles. The van der Waals surface area contributed by atoms with Crippen LogP contribution in [-0.2, 0) is 12.8 Å². The second kappa shape index (κ2) is 5.96. The number of benzene rings is 2. The fraction of sp³-hybridized carbons (Fsp3) is 0.211. The second-order valence-electron chi connectivity index (χ2n) is 5.24. The first-order chi connectivity index (χ1) is 10.3. The molecule has 0 aliphatic rings. The van der Waals surface area contributed by atoms with Crippen LogP contribution >= 0.6 is 0 Å². The molecule has 1 heterocycles. The minimum atomic E-state index is 1.03. The first-order valence-electron chi connectivity index (χ1n) is 7.53. The summed E-state index contributed by atoms with van der Waals surface area (Å²) < 4.78 is 0. The van der Waals surface area contributed by atoms with Crippen LogP contribution in [0.2, 0.25) is 0 Å². The summed E-state index contributed by atoms with van der Waals surface area (Å²) in [4.78, 5) is 4.45. The molecule has 0 atom stereocenters. The van der Waals surface area contributed by atoms with Gasteiger partial charge in [0.15, 0.2) is 0 Å². The van der Waals surface area contributed by atoms with Gasteiger partial charge in [0.1, 0.15) is 0 Å². The lowest BCUT2D eigenvalue weighted by molar-refractivity contribution is 1.14. The number of fused-ring (bicyclic) bond motifs is 1. The van der Waals surface area contributed by atoms with Crippen LogP contribution in [0.3, 0.4) is 0 Å². The average molecular weight is 276 g/mol. The van der Waals surface area contributed by atoms with E-state index in [0.29, 0.717) is 0 Å². The maximum atomic E-state index is 4.45. The molecule has 0 aliphatic heterocycles. The molecule has 2 heteroatoms. The van der Waals surface area contributed by atoms with E-state index in [1.165, 1.54) is 16.5 Å². The number of nitrogens with one attached hydrogen (secondary N) is 1. The van der Waals surface area contributed by atoms with E-state index in [-0.39, 0.29) is 0 Å². The standard InChI is InChI=1S/C19H20N2/c1-3-14-5-8-16(9-6-14)21-19-11-12-20-18-10-7-15(4-2)13-17(18)19/h5-13H,3-4H2,1-2H3,(H,20,21). The SMILES string of the molecule is CCc1ccc(Nc2ccnc3ccc(CC)cc23)cc1. The third kappa shape index (κ3) is 2.89. The van der Waals surface area contributed by atoms with Crippen molar-refractivity contribution in [3.63, 3.8) is 0 Å². The highest BCUT2D eigenvalue weighted by Crippen LogP contribution is 2.26. The van der Waals surface area contributed by atoms with E-state index in [0.717, 1.165) is 29.7 Å². The Morgan fingerprint density at radius 3 is 2.29 bits per heavy atom. The molecule has 21 heavy (non-hydrogen) atoms. The number of aromatic nitrogens is 1. The number of nitrogens with zero attached hydrogens (tertiary/aromatic N) is 1. The van der Waals surface area contributed by atoms with Gasteiger partial charge in [-0.1, -0.05) is 32.0 Å². The lowest BCUT2D eigenvalue weighted by atomic mass is 10.1. The van der Waals surface area contributed by atoms with Gasteiger partial charge in [0.05, 0.1) is 5.52 Å². The van der Waals surface area contributed by atoms with Crippen LogP contribution in [0, 0.1) is 0 Å². The minimum absolute atomic E-state index is 1.03. The predicted molar refractivity (Wildman–Crippen MR) is 90.2 cm³/mol. The van der Waals surface area contributed by atoms with Gasteiger partial charge in [-0.25, -0.2) is 0 Å². The Morgan fingerprint density at radius 1 is 0.857 bits per heavy atom. The highest BCUT2D eigenvalue weighted by Gasteiger charge is 2.03. The third-order valence-electron chi connectivity index (χ3n) is 3.86. The molecule has 1 aromatic heterocycles. The Labute approximate surface area is 125 Å². The topological polar surface area (TPSA) is 24.9 Å². The number of anilines is 2. The Hall–Kier alpha value is -2.35. The van der Waals surface area contributed by atoms with Gasteiger partial charge in [-0.2, -0.15) is 0 Å². The quantitative estimate of drug-likeness (QED) is 0.716. The normalized spacial score (nSPS) is 10.8. The van der Waals surface area contributed by atoms with Crippen molar-refractivity contribution in [3.05, 3.63) is 65.9 Å². The van der Waals surface area contributed by atoms with Gasteiger partial charge in [0.2, 0.25) is 0 Å². The van der Waals surface area contributed by atoms with Crippen molar-refractivity contribution >= 4 is 22.3 Å². The summed E-state index contributed by atoms with van der Waals surface area (Å²) in [5.41, 5.74) is 5.94. The van der Waals surface area contributed by atoms with Gasteiger partial charge in [-0.3, -0.25) is 4.98 Å². The summed E-state index contributed by atoms with van der Waals surface area (Å²) >= 11 is 0. The molecule has 0 saturated heterocycles. The number of rotatable bonds is 4. The van der Waals surface area contributed by atoms with Crippen molar-refractivity contribution in [2.24, 2.45) is 0 Å². The van der Waals surface area contributed by atoms with Crippen LogP contribution < -0.4 is 5.32 Å². The summed E-state index contributed by atoms with van der Waals surface area (Å²) in [5.74, 6) is 0. The second-order valence-corrected chi connectivity index (χ2v) is 5.24. The number of hydrogen-bond acceptors (Lipinski definition) is 2. The summed E-state index contributed by atoms with van der Waals surface area (Å²) in [6.45, 7) is 4.35. The van der Waals surface area contributed by atoms with Crippen LogP contribution in [0.4, 0.5) is 11.4 Å². The summed E-state index contributed by atoms with van der Waals surface area (Å²) in [6.07, 6.45) is 3.96. The molecule has 0 radical (unpaired) electrons. The molecule has 0 unspecified atom stereocenters. The van der Waals surface area contributed by atoms with Gasteiger partial charge in [0, 0.05) is 23.0 Å². The first kappa shape index (κ1) is 13.6. The summed E-state index contributed by atoms with van der Waals surface area (Å²) in [7, 11) is 0. The molecule has 0 fully saturated rings. The van der Waals surface area contributed by atoms with Gasteiger partial charge < -0.3 is 5.32 Å². The number of pyridine rings is 1. The van der Waals surface area contributed by atoms with E-state index >= 15 is 0 Å². The van der Waals surface area contributed by atoms with Crippen LogP contribution in [0.1, 0.15) is 25.0 Å². The highest BCUT2D eigenvalue weighted by atomic mass is 14.9. The zero-order chi connectivity index (χ0) is 14.7. The van der Waals surface area contributed by atoms with Crippen molar-refractivity contribution in [1.29, 1.82) is 0 Å². The van der Waals surface area contributed by atoms with Crippen molar-refractivity contribution in [1.82, 2.24) is 4.98 Å². The van der Waals surface area contributed by atoms with E-state index < -0.39 is 0 Å². The van der Waals surface area contributed by atoms with Crippen molar-refractivity contribution in [2.75, 3.05) is 5.32 Å². The van der Waals surface area contributed by atoms with Gasteiger partial charge in [-0.05, 0) is 54.3 Å². The Morgan fingerprint density at radius 2 is 1.57 bits per heavy atom. The monoisotopic (exact) mass is 276 g/mol. The zero-order valence-corrected chi connectivity index (χ0v) is 12.6. The molecule has 0 bridgehead atoms. The predicted octanol–water partition coefficient (Wildman–Crippen LogP) is 5.10.